The van der Waals surface area contributed by atoms with E-state index >= 15 is 0 Å². The van der Waals surface area contributed by atoms with Crippen LogP contribution in [0.3, 0.4) is 0 Å². The minimum atomic E-state index is -0.635. The molecule has 2 amide bonds. The van der Waals surface area contributed by atoms with Gasteiger partial charge in [-0.05, 0) is 69.9 Å². The standard InChI is InChI=1S/C35H42N6O7/c1-5-41-29(33(42)37-31-19-27(38-39-31)23-11-14-25(17-23)48-35(43)36-21(2)3)18-28(40-41)26-7-6-8-30(32(26)34-45-15-16-46-34)47-20-22-9-12-24(44-4)13-10-22/h6-10,12-13,18-19,21,23,25,34H,5,11,14-17,20H2,1-4H3,(H,36,43)(H2,37,38,39,42)/t23-,25+/m0/s1. The molecule has 1 aliphatic carbocycles. The number of nitrogens with zero attached hydrogens (tertiary/aromatic N) is 3. The summed E-state index contributed by atoms with van der Waals surface area (Å²) in [5, 5.41) is 17.9. The molecule has 0 unspecified atom stereocenters. The molecule has 2 aromatic heterocycles. The Hall–Kier alpha value is -4.88. The first-order chi connectivity index (χ1) is 23.3. The molecule has 1 aliphatic heterocycles. The van der Waals surface area contributed by atoms with Crippen molar-refractivity contribution in [2.45, 2.75) is 77.5 Å². The van der Waals surface area contributed by atoms with Crippen molar-refractivity contribution in [2.75, 3.05) is 25.6 Å². The molecular formula is C35H42N6O7. The van der Waals surface area contributed by atoms with Crippen LogP contribution in [-0.4, -0.2) is 64.4 Å². The normalized spacial score (nSPS) is 17.9. The van der Waals surface area contributed by atoms with Gasteiger partial charge in [-0.1, -0.05) is 24.3 Å². The Balaban J connectivity index is 1.17. The number of H-pyrrole nitrogens is 1. The van der Waals surface area contributed by atoms with E-state index in [1.807, 2.05) is 69.3 Å². The highest BCUT2D eigenvalue weighted by Crippen LogP contribution is 2.40. The summed E-state index contributed by atoms with van der Waals surface area (Å²) in [6.45, 7) is 7.44. The van der Waals surface area contributed by atoms with Gasteiger partial charge in [0.1, 0.15) is 29.9 Å². The second-order valence-corrected chi connectivity index (χ2v) is 12.2. The van der Waals surface area contributed by atoms with Gasteiger partial charge in [0.2, 0.25) is 0 Å². The molecule has 254 valence electrons. The molecule has 13 heteroatoms. The van der Waals surface area contributed by atoms with Crippen LogP contribution in [0.2, 0.25) is 0 Å². The lowest BCUT2D eigenvalue weighted by Crippen LogP contribution is -2.33. The fourth-order valence-electron chi connectivity index (χ4n) is 6.06. The molecule has 1 saturated heterocycles. The Bertz CT molecular complexity index is 1710. The molecule has 13 nitrogen and oxygen atoms in total. The van der Waals surface area contributed by atoms with Crippen LogP contribution in [0.4, 0.5) is 10.6 Å². The summed E-state index contributed by atoms with van der Waals surface area (Å²) in [5.74, 6) is 1.59. The topological polar surface area (TPSA) is 151 Å². The van der Waals surface area contributed by atoms with Crippen molar-refractivity contribution >= 4 is 17.8 Å². The largest absolute Gasteiger partial charge is 0.497 e. The number of amides is 2. The van der Waals surface area contributed by atoms with Gasteiger partial charge in [0.25, 0.3) is 5.91 Å². The molecule has 2 atom stereocenters. The molecular weight excluding hydrogens is 616 g/mol. The fraction of sp³-hybridized carbons (Fsp3) is 0.429. The van der Waals surface area contributed by atoms with E-state index in [4.69, 9.17) is 28.8 Å². The molecule has 2 aliphatic rings. The minimum Gasteiger partial charge on any atom is -0.497 e. The molecule has 1 saturated carbocycles. The van der Waals surface area contributed by atoms with Gasteiger partial charge in [-0.15, -0.1) is 0 Å². The number of hydrogen-bond donors (Lipinski definition) is 3. The fourth-order valence-corrected chi connectivity index (χ4v) is 6.06. The molecule has 0 bridgehead atoms. The van der Waals surface area contributed by atoms with E-state index < -0.39 is 12.4 Å². The van der Waals surface area contributed by atoms with Gasteiger partial charge >= 0.3 is 6.09 Å². The Labute approximate surface area is 279 Å². The van der Waals surface area contributed by atoms with Crippen LogP contribution in [0.25, 0.3) is 11.3 Å². The molecule has 3 heterocycles. The summed E-state index contributed by atoms with van der Waals surface area (Å²) in [5.41, 5.74) is 4.30. The van der Waals surface area contributed by atoms with Crippen molar-refractivity contribution in [3.63, 3.8) is 0 Å². The highest BCUT2D eigenvalue weighted by molar-refractivity contribution is 6.03. The van der Waals surface area contributed by atoms with Crippen LogP contribution in [0.1, 0.15) is 79.6 Å². The molecule has 48 heavy (non-hydrogen) atoms. The lowest BCUT2D eigenvalue weighted by atomic mass is 10.0. The zero-order chi connectivity index (χ0) is 33.6. The number of aromatic amines is 1. The van der Waals surface area contributed by atoms with Crippen molar-refractivity contribution in [2.24, 2.45) is 0 Å². The highest BCUT2D eigenvalue weighted by Gasteiger charge is 2.31. The van der Waals surface area contributed by atoms with E-state index in [-0.39, 0.29) is 24.0 Å². The highest BCUT2D eigenvalue weighted by atomic mass is 16.7. The smallest absolute Gasteiger partial charge is 0.407 e. The van der Waals surface area contributed by atoms with Crippen LogP contribution in [0.15, 0.2) is 54.6 Å². The molecule has 3 N–H and O–H groups in total. The summed E-state index contributed by atoms with van der Waals surface area (Å²) in [4.78, 5) is 25.6. The molecule has 2 aromatic carbocycles. The SMILES string of the molecule is CCn1nc(-c2cccc(OCc3ccc(OC)cc3)c2C2OCCO2)cc1C(=O)Nc1cc([C@H]2CC[C@@H](OC(=O)NC(C)C)C2)[nH]n1. The number of aromatic nitrogens is 4. The van der Waals surface area contributed by atoms with Crippen LogP contribution < -0.4 is 20.1 Å². The van der Waals surface area contributed by atoms with Gasteiger partial charge in [0.05, 0.1) is 31.6 Å². The number of anilines is 1. The Morgan fingerprint density at radius 3 is 2.60 bits per heavy atom. The number of ether oxygens (including phenoxy) is 5. The first kappa shape index (κ1) is 33.0. The molecule has 0 radical (unpaired) electrons. The molecule has 6 rings (SSSR count). The first-order valence-corrected chi connectivity index (χ1v) is 16.3. The number of benzene rings is 2. The second-order valence-electron chi connectivity index (χ2n) is 12.2. The third kappa shape index (κ3) is 7.63. The Morgan fingerprint density at radius 1 is 1.08 bits per heavy atom. The van der Waals surface area contributed by atoms with Gasteiger partial charge in [0, 0.05) is 35.8 Å². The van der Waals surface area contributed by atoms with Gasteiger partial charge in [0.15, 0.2) is 12.1 Å². The molecule has 2 fully saturated rings. The summed E-state index contributed by atoms with van der Waals surface area (Å²) in [7, 11) is 1.63. The van der Waals surface area contributed by atoms with Crippen molar-refractivity contribution in [1.82, 2.24) is 25.3 Å². The van der Waals surface area contributed by atoms with Crippen LogP contribution in [-0.2, 0) is 27.4 Å². The predicted octanol–water partition coefficient (Wildman–Crippen LogP) is 5.95. The summed E-state index contributed by atoms with van der Waals surface area (Å²) < 4.78 is 30.6. The summed E-state index contributed by atoms with van der Waals surface area (Å²) >= 11 is 0. The lowest BCUT2D eigenvalue weighted by Gasteiger charge is -2.19. The van der Waals surface area contributed by atoms with Crippen LogP contribution >= 0.6 is 0 Å². The van der Waals surface area contributed by atoms with Crippen molar-refractivity contribution in [3.8, 4) is 22.8 Å². The molecule has 0 spiro atoms. The Kier molecular flexibility index (Phi) is 10.3. The predicted molar refractivity (Wildman–Crippen MR) is 177 cm³/mol. The number of carbonyl (C=O) groups excluding carboxylic acids is 2. The number of carbonyl (C=O) groups is 2. The van der Waals surface area contributed by atoms with Crippen molar-refractivity contribution in [3.05, 3.63) is 77.1 Å². The maximum Gasteiger partial charge on any atom is 0.407 e. The second kappa shape index (κ2) is 14.9. The van der Waals surface area contributed by atoms with Crippen LogP contribution in [0, 0.1) is 0 Å². The number of alkyl carbamates (subject to hydrolysis) is 1. The maximum absolute atomic E-state index is 13.6. The first-order valence-electron chi connectivity index (χ1n) is 16.3. The van der Waals surface area contributed by atoms with E-state index in [2.05, 4.69) is 20.8 Å². The average Bonchev–Trinajstić information content (AvgIpc) is 3.91. The van der Waals surface area contributed by atoms with Gasteiger partial charge in [-0.3, -0.25) is 14.6 Å². The van der Waals surface area contributed by atoms with E-state index in [9.17, 15) is 9.59 Å². The summed E-state index contributed by atoms with van der Waals surface area (Å²) in [6, 6.07) is 17.0. The van der Waals surface area contributed by atoms with E-state index in [0.29, 0.717) is 61.3 Å². The third-order valence-corrected chi connectivity index (χ3v) is 8.41. The van der Waals surface area contributed by atoms with Crippen molar-refractivity contribution in [1.29, 1.82) is 0 Å². The van der Waals surface area contributed by atoms with Gasteiger partial charge in [-0.2, -0.15) is 10.2 Å². The maximum atomic E-state index is 13.6. The van der Waals surface area contributed by atoms with Gasteiger partial charge in [-0.25, -0.2) is 4.79 Å². The van der Waals surface area contributed by atoms with E-state index in [1.165, 1.54) is 0 Å². The van der Waals surface area contributed by atoms with E-state index in [0.717, 1.165) is 35.4 Å². The minimum absolute atomic E-state index is 0.0147. The average molecular weight is 659 g/mol. The lowest BCUT2D eigenvalue weighted by molar-refractivity contribution is -0.0454. The molecule has 4 aromatic rings. The number of rotatable bonds is 12. The monoisotopic (exact) mass is 658 g/mol. The number of aryl methyl sites for hydroxylation is 1. The zero-order valence-electron chi connectivity index (χ0n) is 27.7. The zero-order valence-corrected chi connectivity index (χ0v) is 27.7. The van der Waals surface area contributed by atoms with E-state index in [1.54, 1.807) is 17.9 Å². The Morgan fingerprint density at radius 2 is 1.88 bits per heavy atom. The van der Waals surface area contributed by atoms with Gasteiger partial charge < -0.3 is 34.3 Å². The van der Waals surface area contributed by atoms with Crippen LogP contribution in [0.5, 0.6) is 11.5 Å². The third-order valence-electron chi connectivity index (χ3n) is 8.41. The summed E-state index contributed by atoms with van der Waals surface area (Å²) in [6.07, 6.45) is 1.10. The number of nitrogens with one attached hydrogen (secondary N) is 3. The quantitative estimate of drug-likeness (QED) is 0.168. The number of methoxy groups -OCH3 is 1. The van der Waals surface area contributed by atoms with Crippen molar-refractivity contribution < 1.29 is 33.3 Å². The number of hydrogen-bond acceptors (Lipinski definition) is 9.